The lowest BCUT2D eigenvalue weighted by molar-refractivity contribution is 0.0946. The summed E-state index contributed by atoms with van der Waals surface area (Å²) in [6.07, 6.45) is 4.22. The minimum absolute atomic E-state index is 0.0347. The van der Waals surface area contributed by atoms with Gasteiger partial charge in [-0.05, 0) is 52.7 Å². The van der Waals surface area contributed by atoms with E-state index >= 15 is 0 Å². The van der Waals surface area contributed by atoms with Gasteiger partial charge in [0.1, 0.15) is 4.60 Å². The topological polar surface area (TPSA) is 42.0 Å². The first-order valence-corrected chi connectivity index (χ1v) is 6.36. The fraction of sp³-hybridized carbons (Fsp3) is 0.500. The highest BCUT2D eigenvalue weighted by atomic mass is 79.9. The van der Waals surface area contributed by atoms with E-state index in [-0.39, 0.29) is 5.91 Å². The third-order valence-corrected chi connectivity index (χ3v) is 3.47. The molecule has 1 heterocycles. The number of nitrogens with one attached hydrogen (secondary N) is 1. The summed E-state index contributed by atoms with van der Waals surface area (Å²) in [6, 6.07) is 3.55. The minimum atomic E-state index is -0.0347. The molecule has 0 saturated heterocycles. The van der Waals surface area contributed by atoms with Crippen LogP contribution in [0, 0.1) is 11.8 Å². The Balaban J connectivity index is 1.85. The summed E-state index contributed by atoms with van der Waals surface area (Å²) in [7, 11) is 0. The van der Waals surface area contributed by atoms with E-state index in [0.29, 0.717) is 11.5 Å². The van der Waals surface area contributed by atoms with Crippen LogP contribution < -0.4 is 5.32 Å². The average molecular weight is 283 g/mol. The van der Waals surface area contributed by atoms with Gasteiger partial charge in [-0.3, -0.25) is 4.79 Å². The van der Waals surface area contributed by atoms with E-state index in [1.54, 1.807) is 18.3 Å². The van der Waals surface area contributed by atoms with Gasteiger partial charge in [0.05, 0.1) is 5.56 Å². The Hall–Kier alpha value is -0.900. The highest BCUT2D eigenvalue weighted by Gasteiger charge is 2.27. The number of halogens is 1. The fourth-order valence-electron chi connectivity index (χ4n) is 1.70. The third-order valence-electron chi connectivity index (χ3n) is 3.00. The van der Waals surface area contributed by atoms with Crippen LogP contribution in [0.1, 0.15) is 30.1 Å². The summed E-state index contributed by atoms with van der Waals surface area (Å²) in [5, 5.41) is 2.95. The Morgan fingerprint density at radius 3 is 2.94 bits per heavy atom. The molecular weight excluding hydrogens is 268 g/mol. The van der Waals surface area contributed by atoms with Crippen LogP contribution in [0.2, 0.25) is 0 Å². The van der Waals surface area contributed by atoms with Gasteiger partial charge in [-0.25, -0.2) is 4.98 Å². The van der Waals surface area contributed by atoms with Gasteiger partial charge in [0.15, 0.2) is 0 Å². The van der Waals surface area contributed by atoms with Gasteiger partial charge in [0, 0.05) is 12.7 Å². The van der Waals surface area contributed by atoms with Crippen molar-refractivity contribution in [2.24, 2.45) is 11.8 Å². The zero-order valence-corrected chi connectivity index (χ0v) is 10.8. The van der Waals surface area contributed by atoms with Crippen LogP contribution in [0.3, 0.4) is 0 Å². The van der Waals surface area contributed by atoms with Crippen molar-refractivity contribution in [1.29, 1.82) is 0 Å². The molecule has 0 spiro atoms. The summed E-state index contributed by atoms with van der Waals surface area (Å²) in [4.78, 5) is 15.8. The van der Waals surface area contributed by atoms with Gasteiger partial charge in [-0.1, -0.05) is 6.92 Å². The molecule has 0 radical (unpaired) electrons. The molecule has 1 aliphatic carbocycles. The maximum Gasteiger partial charge on any atom is 0.252 e. The second kappa shape index (κ2) is 4.95. The van der Waals surface area contributed by atoms with Crippen LogP contribution in [0.25, 0.3) is 0 Å². The lowest BCUT2D eigenvalue weighted by Crippen LogP contribution is -2.29. The first-order chi connectivity index (χ1) is 7.66. The minimum Gasteiger partial charge on any atom is -0.352 e. The van der Waals surface area contributed by atoms with Crippen molar-refractivity contribution in [3.8, 4) is 0 Å². The van der Waals surface area contributed by atoms with Crippen molar-refractivity contribution in [2.75, 3.05) is 6.54 Å². The van der Waals surface area contributed by atoms with Gasteiger partial charge in [0.25, 0.3) is 5.91 Å². The van der Waals surface area contributed by atoms with E-state index in [4.69, 9.17) is 0 Å². The molecule has 4 heteroatoms. The van der Waals surface area contributed by atoms with Crippen LogP contribution in [-0.2, 0) is 0 Å². The fourth-order valence-corrected chi connectivity index (χ4v) is 1.93. The van der Waals surface area contributed by atoms with E-state index in [0.717, 1.165) is 17.1 Å². The third kappa shape index (κ3) is 3.04. The van der Waals surface area contributed by atoms with Crippen molar-refractivity contribution < 1.29 is 4.79 Å². The molecule has 1 aliphatic rings. The zero-order valence-electron chi connectivity index (χ0n) is 9.24. The van der Waals surface area contributed by atoms with E-state index in [2.05, 4.69) is 33.2 Å². The molecule has 2 rings (SSSR count). The normalized spacial score (nSPS) is 16.9. The number of carbonyl (C=O) groups excluding carboxylic acids is 1. The van der Waals surface area contributed by atoms with Crippen LogP contribution in [0.4, 0.5) is 0 Å². The Morgan fingerprint density at radius 1 is 1.62 bits per heavy atom. The molecule has 0 bridgehead atoms. The molecule has 1 saturated carbocycles. The number of hydrogen-bond acceptors (Lipinski definition) is 2. The van der Waals surface area contributed by atoms with Crippen LogP contribution >= 0.6 is 15.9 Å². The second-order valence-corrected chi connectivity index (χ2v) is 5.21. The Morgan fingerprint density at radius 2 is 2.38 bits per heavy atom. The zero-order chi connectivity index (χ0) is 11.5. The SMILES string of the molecule is CC(CNC(=O)c1ccc(Br)nc1)C1CC1. The quantitative estimate of drug-likeness (QED) is 0.863. The molecule has 86 valence electrons. The van der Waals surface area contributed by atoms with Crippen LogP contribution in [0.15, 0.2) is 22.9 Å². The van der Waals surface area contributed by atoms with E-state index < -0.39 is 0 Å². The molecule has 1 aromatic heterocycles. The number of rotatable bonds is 4. The summed E-state index contributed by atoms with van der Waals surface area (Å²) in [5.74, 6) is 1.38. The highest BCUT2D eigenvalue weighted by molar-refractivity contribution is 9.10. The van der Waals surface area contributed by atoms with Gasteiger partial charge in [-0.2, -0.15) is 0 Å². The lowest BCUT2D eigenvalue weighted by Gasteiger charge is -2.11. The average Bonchev–Trinajstić information content (AvgIpc) is 3.10. The number of hydrogen-bond donors (Lipinski definition) is 1. The van der Waals surface area contributed by atoms with E-state index in [1.165, 1.54) is 12.8 Å². The lowest BCUT2D eigenvalue weighted by atomic mass is 10.1. The predicted molar refractivity (Wildman–Crippen MR) is 66.2 cm³/mol. The Bertz CT molecular complexity index is 373. The highest BCUT2D eigenvalue weighted by Crippen LogP contribution is 2.36. The van der Waals surface area contributed by atoms with Crippen LogP contribution in [0.5, 0.6) is 0 Å². The first-order valence-electron chi connectivity index (χ1n) is 5.56. The van der Waals surface area contributed by atoms with Crippen LogP contribution in [-0.4, -0.2) is 17.4 Å². The summed E-state index contributed by atoms with van der Waals surface area (Å²) in [6.45, 7) is 2.96. The molecule has 1 unspecified atom stereocenters. The van der Waals surface area contributed by atoms with Crippen molar-refractivity contribution in [1.82, 2.24) is 10.3 Å². The number of carbonyl (C=O) groups is 1. The second-order valence-electron chi connectivity index (χ2n) is 4.39. The van der Waals surface area contributed by atoms with Gasteiger partial charge in [-0.15, -0.1) is 0 Å². The molecule has 1 N–H and O–H groups in total. The maximum absolute atomic E-state index is 11.7. The van der Waals surface area contributed by atoms with Crippen molar-refractivity contribution in [3.05, 3.63) is 28.5 Å². The number of pyridine rings is 1. The molecule has 1 aromatic rings. The molecule has 1 amide bonds. The molecule has 0 aromatic carbocycles. The standard InChI is InChI=1S/C12H15BrN2O/c1-8(9-2-3-9)6-15-12(16)10-4-5-11(13)14-7-10/h4-5,7-9H,2-3,6H2,1H3,(H,15,16). The van der Waals surface area contributed by atoms with Crippen molar-refractivity contribution >= 4 is 21.8 Å². The first kappa shape index (κ1) is 11.6. The monoisotopic (exact) mass is 282 g/mol. The Labute approximate surface area is 104 Å². The van der Waals surface area contributed by atoms with E-state index in [9.17, 15) is 4.79 Å². The molecule has 1 fully saturated rings. The van der Waals surface area contributed by atoms with E-state index in [1.807, 2.05) is 0 Å². The largest absolute Gasteiger partial charge is 0.352 e. The molecular formula is C12H15BrN2O. The number of aromatic nitrogens is 1. The Kier molecular flexibility index (Phi) is 3.59. The number of nitrogens with zero attached hydrogens (tertiary/aromatic N) is 1. The predicted octanol–water partition coefficient (Wildman–Crippen LogP) is 2.62. The van der Waals surface area contributed by atoms with Crippen molar-refractivity contribution in [3.63, 3.8) is 0 Å². The maximum atomic E-state index is 11.7. The summed E-state index contributed by atoms with van der Waals surface area (Å²) >= 11 is 3.24. The number of amides is 1. The molecule has 1 atom stereocenters. The summed E-state index contributed by atoms with van der Waals surface area (Å²) in [5.41, 5.74) is 0.617. The molecule has 3 nitrogen and oxygen atoms in total. The van der Waals surface area contributed by atoms with Crippen molar-refractivity contribution in [2.45, 2.75) is 19.8 Å². The van der Waals surface area contributed by atoms with Gasteiger partial charge >= 0.3 is 0 Å². The van der Waals surface area contributed by atoms with Gasteiger partial charge in [0.2, 0.25) is 0 Å². The molecule has 16 heavy (non-hydrogen) atoms. The smallest absolute Gasteiger partial charge is 0.252 e. The van der Waals surface area contributed by atoms with Gasteiger partial charge < -0.3 is 5.32 Å². The summed E-state index contributed by atoms with van der Waals surface area (Å²) < 4.78 is 0.746. The molecule has 0 aliphatic heterocycles.